The first-order valence-corrected chi connectivity index (χ1v) is 3.14. The second-order valence-corrected chi connectivity index (χ2v) is 2.34. The molecule has 3 nitrogen and oxygen atoms in total. The zero-order valence-electron chi connectivity index (χ0n) is 4.71. The average Bonchev–Trinajstić information content (AvgIpc) is 1.94. The highest BCUT2D eigenvalue weighted by Gasteiger charge is 2.00. The molecule has 0 amide bonds. The minimum absolute atomic E-state index is 0.113. The summed E-state index contributed by atoms with van der Waals surface area (Å²) >= 11 is 10.9. The Hall–Kier alpha value is -0.670. The third-order valence-corrected chi connectivity index (χ3v) is 1.40. The molecular formula is C5H2Cl2N2O. The fourth-order valence-electron chi connectivity index (χ4n) is 0.473. The molecule has 52 valence electrons. The van der Waals surface area contributed by atoms with Crippen molar-refractivity contribution in [2.75, 3.05) is 0 Å². The molecule has 0 saturated heterocycles. The summed E-state index contributed by atoms with van der Waals surface area (Å²) in [5, 5.41) is 3.04. The Balaban J connectivity index is 3.21. The van der Waals surface area contributed by atoms with Crippen molar-refractivity contribution in [2.45, 2.75) is 0 Å². The molecule has 0 fully saturated rings. The van der Waals surface area contributed by atoms with E-state index < -0.39 is 0 Å². The number of hydrogen-bond acceptors (Lipinski definition) is 3. The molecule has 0 aliphatic heterocycles. The normalized spacial score (nSPS) is 9.40. The van der Waals surface area contributed by atoms with E-state index in [9.17, 15) is 4.91 Å². The summed E-state index contributed by atoms with van der Waals surface area (Å²) in [7, 11) is 0. The third kappa shape index (κ3) is 1.43. The van der Waals surface area contributed by atoms with Crippen LogP contribution in [0, 0.1) is 4.91 Å². The van der Waals surface area contributed by atoms with Crippen LogP contribution < -0.4 is 0 Å². The highest BCUT2D eigenvalue weighted by atomic mass is 35.5. The van der Waals surface area contributed by atoms with Gasteiger partial charge in [-0.15, -0.1) is 4.91 Å². The molecule has 10 heavy (non-hydrogen) atoms. The highest BCUT2D eigenvalue weighted by Crippen LogP contribution is 2.25. The van der Waals surface area contributed by atoms with Gasteiger partial charge in [-0.2, -0.15) is 0 Å². The summed E-state index contributed by atoms with van der Waals surface area (Å²) in [6, 6.07) is 1.30. The van der Waals surface area contributed by atoms with Crippen LogP contribution in [0.3, 0.4) is 0 Å². The van der Waals surface area contributed by atoms with Gasteiger partial charge >= 0.3 is 0 Å². The van der Waals surface area contributed by atoms with E-state index in [1.807, 2.05) is 0 Å². The Labute approximate surface area is 67.0 Å². The maximum Gasteiger partial charge on any atom is 0.131 e. The molecule has 0 atom stereocenters. The lowest BCUT2D eigenvalue weighted by Gasteiger charge is -1.91. The molecule has 0 N–H and O–H groups in total. The van der Waals surface area contributed by atoms with E-state index in [0.29, 0.717) is 0 Å². The fourth-order valence-corrected chi connectivity index (χ4v) is 0.763. The molecule has 1 aromatic heterocycles. The van der Waals surface area contributed by atoms with Gasteiger partial charge in [0.25, 0.3) is 0 Å². The largest absolute Gasteiger partial charge is 0.243 e. The Morgan fingerprint density at radius 1 is 1.50 bits per heavy atom. The second kappa shape index (κ2) is 2.94. The lowest BCUT2D eigenvalue weighted by Crippen LogP contribution is -1.73. The lowest BCUT2D eigenvalue weighted by atomic mass is 10.4. The molecule has 0 bridgehead atoms. The van der Waals surface area contributed by atoms with Crippen LogP contribution >= 0.6 is 23.2 Å². The van der Waals surface area contributed by atoms with E-state index in [-0.39, 0.29) is 15.9 Å². The van der Waals surface area contributed by atoms with Crippen molar-refractivity contribution in [3.05, 3.63) is 27.3 Å². The summed E-state index contributed by atoms with van der Waals surface area (Å²) in [5.41, 5.74) is 0.113. The Morgan fingerprint density at radius 2 is 2.20 bits per heavy atom. The third-order valence-electron chi connectivity index (χ3n) is 0.900. The maximum absolute atomic E-state index is 9.96. The Kier molecular flexibility index (Phi) is 2.19. The number of nitroso groups, excluding NO2 is 1. The molecule has 0 spiro atoms. The molecule has 0 unspecified atom stereocenters. The zero-order chi connectivity index (χ0) is 7.56. The van der Waals surface area contributed by atoms with Crippen molar-refractivity contribution >= 4 is 28.9 Å². The summed E-state index contributed by atoms with van der Waals surface area (Å²) in [5.74, 6) is 0. The van der Waals surface area contributed by atoms with Gasteiger partial charge in [-0.3, -0.25) is 0 Å². The number of aromatic nitrogens is 1. The molecule has 1 rings (SSSR count). The predicted octanol–water partition coefficient (Wildman–Crippen LogP) is 2.79. The van der Waals surface area contributed by atoms with E-state index in [0.717, 1.165) is 0 Å². The van der Waals surface area contributed by atoms with E-state index in [4.69, 9.17) is 23.2 Å². The fraction of sp³-hybridized carbons (Fsp3) is 0. The quantitative estimate of drug-likeness (QED) is 0.488. The number of pyridine rings is 1. The second-order valence-electron chi connectivity index (χ2n) is 1.55. The predicted molar refractivity (Wildman–Crippen MR) is 39.7 cm³/mol. The van der Waals surface area contributed by atoms with Crippen LogP contribution in [0.25, 0.3) is 0 Å². The smallest absolute Gasteiger partial charge is 0.131 e. The summed E-state index contributed by atoms with van der Waals surface area (Å²) in [6.45, 7) is 0. The van der Waals surface area contributed by atoms with Crippen LogP contribution in [0.5, 0.6) is 0 Å². The number of halogens is 2. The first-order valence-electron chi connectivity index (χ1n) is 2.38. The van der Waals surface area contributed by atoms with Gasteiger partial charge in [0, 0.05) is 12.3 Å². The number of nitrogens with zero attached hydrogens (tertiary/aromatic N) is 2. The SMILES string of the molecule is O=Nc1cc(Cl)ncc1Cl. The molecule has 0 radical (unpaired) electrons. The Bertz CT molecular complexity index is 264. The van der Waals surface area contributed by atoms with Crippen molar-refractivity contribution < 1.29 is 0 Å². The van der Waals surface area contributed by atoms with E-state index in [1.54, 1.807) is 0 Å². The van der Waals surface area contributed by atoms with Gasteiger partial charge in [-0.05, 0) is 5.18 Å². The summed E-state index contributed by atoms with van der Waals surface area (Å²) in [4.78, 5) is 13.6. The first-order chi connectivity index (χ1) is 4.74. The number of rotatable bonds is 1. The van der Waals surface area contributed by atoms with Gasteiger partial charge in [0.15, 0.2) is 0 Å². The molecule has 0 saturated carbocycles. The average molecular weight is 177 g/mol. The van der Waals surface area contributed by atoms with E-state index >= 15 is 0 Å². The molecule has 0 aliphatic carbocycles. The minimum atomic E-state index is 0.113. The van der Waals surface area contributed by atoms with Gasteiger partial charge in [0.1, 0.15) is 10.8 Å². The van der Waals surface area contributed by atoms with Gasteiger partial charge in [0.05, 0.1) is 5.02 Å². The standard InChI is InChI=1S/C5H2Cl2N2O/c6-3-2-8-5(7)1-4(3)9-10/h1-2H. The minimum Gasteiger partial charge on any atom is -0.243 e. The van der Waals surface area contributed by atoms with Crippen molar-refractivity contribution in [2.24, 2.45) is 5.18 Å². The van der Waals surface area contributed by atoms with Crippen LogP contribution in [-0.4, -0.2) is 4.98 Å². The molecule has 5 heteroatoms. The van der Waals surface area contributed by atoms with Crippen molar-refractivity contribution in [3.8, 4) is 0 Å². The van der Waals surface area contributed by atoms with Crippen molar-refractivity contribution in [1.29, 1.82) is 0 Å². The topological polar surface area (TPSA) is 42.3 Å². The van der Waals surface area contributed by atoms with Gasteiger partial charge in [0.2, 0.25) is 0 Å². The van der Waals surface area contributed by atoms with Crippen LogP contribution in [0.2, 0.25) is 10.2 Å². The molecule has 1 heterocycles. The Morgan fingerprint density at radius 3 is 2.70 bits per heavy atom. The van der Waals surface area contributed by atoms with Crippen molar-refractivity contribution in [1.82, 2.24) is 4.98 Å². The van der Waals surface area contributed by atoms with Gasteiger partial charge in [-0.25, -0.2) is 4.98 Å². The van der Waals surface area contributed by atoms with E-state index in [2.05, 4.69) is 10.2 Å². The van der Waals surface area contributed by atoms with Gasteiger partial charge < -0.3 is 0 Å². The molecule has 1 aromatic rings. The van der Waals surface area contributed by atoms with Gasteiger partial charge in [-0.1, -0.05) is 23.2 Å². The number of hydrogen-bond donors (Lipinski definition) is 0. The maximum atomic E-state index is 9.96. The molecule has 0 aromatic carbocycles. The zero-order valence-corrected chi connectivity index (χ0v) is 6.23. The van der Waals surface area contributed by atoms with Crippen molar-refractivity contribution in [3.63, 3.8) is 0 Å². The first kappa shape index (κ1) is 7.44. The summed E-state index contributed by atoms with van der Waals surface area (Å²) in [6.07, 6.45) is 1.28. The lowest BCUT2D eigenvalue weighted by molar-refractivity contribution is 1.31. The van der Waals surface area contributed by atoms with Crippen LogP contribution in [0.15, 0.2) is 17.4 Å². The van der Waals surface area contributed by atoms with E-state index in [1.165, 1.54) is 12.3 Å². The molecular weight excluding hydrogens is 175 g/mol. The monoisotopic (exact) mass is 176 g/mol. The highest BCUT2D eigenvalue weighted by molar-refractivity contribution is 6.34. The summed E-state index contributed by atoms with van der Waals surface area (Å²) < 4.78 is 0. The van der Waals surface area contributed by atoms with Crippen LogP contribution in [0.1, 0.15) is 0 Å². The van der Waals surface area contributed by atoms with Crippen LogP contribution in [0.4, 0.5) is 5.69 Å². The van der Waals surface area contributed by atoms with Crippen LogP contribution in [-0.2, 0) is 0 Å². The molecule has 0 aliphatic rings.